The number of aliphatic hydroxyl groups is 1. The predicted octanol–water partition coefficient (Wildman–Crippen LogP) is 0.288. The maximum Gasteiger partial charge on any atom is 0.272 e. The maximum absolute atomic E-state index is 11.7. The number of hydrogen-bond donors (Lipinski definition) is 1. The molecule has 1 aromatic heterocycles. The molecule has 2 rings (SSSR count). The molecule has 4 heteroatoms. The number of amides is 1. The summed E-state index contributed by atoms with van der Waals surface area (Å²) in [6.45, 7) is 1.05. The van der Waals surface area contributed by atoms with Crippen LogP contribution in [0, 0.1) is 0 Å². The smallest absolute Gasteiger partial charge is 0.272 e. The summed E-state index contributed by atoms with van der Waals surface area (Å²) in [5, 5.41) is 9.28. The Bertz CT molecular complexity index is 326. The average molecular weight is 192 g/mol. The van der Waals surface area contributed by atoms with E-state index < -0.39 is 0 Å². The van der Waals surface area contributed by atoms with Gasteiger partial charge in [-0.2, -0.15) is 0 Å². The van der Waals surface area contributed by atoms with E-state index in [1.807, 2.05) is 0 Å². The Morgan fingerprint density at radius 1 is 1.57 bits per heavy atom. The first kappa shape index (κ1) is 9.15. The van der Waals surface area contributed by atoms with Crippen LogP contribution in [0.2, 0.25) is 0 Å². The van der Waals surface area contributed by atoms with Gasteiger partial charge in [0.1, 0.15) is 5.69 Å². The second-order valence-corrected chi connectivity index (χ2v) is 3.41. The molecule has 1 saturated heterocycles. The largest absolute Gasteiger partial charge is 0.391 e. The van der Waals surface area contributed by atoms with Gasteiger partial charge in [0, 0.05) is 19.3 Å². The van der Waals surface area contributed by atoms with Gasteiger partial charge in [-0.15, -0.1) is 0 Å². The summed E-state index contributed by atoms with van der Waals surface area (Å²) in [5.74, 6) is -0.0952. The molecule has 1 atom stereocenters. The Balaban J connectivity index is 2.10. The Hall–Kier alpha value is -1.42. The number of aliphatic hydroxyl groups excluding tert-OH is 1. The van der Waals surface area contributed by atoms with Crippen molar-refractivity contribution >= 4 is 5.91 Å². The molecular formula is C10H12N2O2. The summed E-state index contributed by atoms with van der Waals surface area (Å²) in [5.41, 5.74) is 0.446. The minimum atomic E-state index is -0.373. The molecule has 0 spiro atoms. The van der Waals surface area contributed by atoms with Gasteiger partial charge in [0.15, 0.2) is 0 Å². The third-order valence-electron chi connectivity index (χ3n) is 2.33. The van der Waals surface area contributed by atoms with Crippen molar-refractivity contribution in [2.45, 2.75) is 12.5 Å². The number of nitrogens with zero attached hydrogens (tertiary/aromatic N) is 2. The second kappa shape index (κ2) is 3.75. The first-order chi connectivity index (χ1) is 6.77. The van der Waals surface area contributed by atoms with Gasteiger partial charge in [0.05, 0.1) is 6.10 Å². The lowest BCUT2D eigenvalue weighted by Crippen LogP contribution is -2.30. The van der Waals surface area contributed by atoms with Crippen molar-refractivity contribution in [2.24, 2.45) is 0 Å². The molecule has 1 amide bonds. The number of carbonyl (C=O) groups is 1. The van der Waals surface area contributed by atoms with Gasteiger partial charge in [-0.25, -0.2) is 0 Å². The third-order valence-corrected chi connectivity index (χ3v) is 2.33. The molecule has 0 unspecified atom stereocenters. The van der Waals surface area contributed by atoms with E-state index in [0.29, 0.717) is 25.2 Å². The summed E-state index contributed by atoms with van der Waals surface area (Å²) in [6.07, 6.45) is 1.89. The first-order valence-corrected chi connectivity index (χ1v) is 4.66. The van der Waals surface area contributed by atoms with Crippen LogP contribution in [-0.4, -0.2) is 40.1 Å². The van der Waals surface area contributed by atoms with E-state index in [9.17, 15) is 9.90 Å². The van der Waals surface area contributed by atoms with Crippen LogP contribution in [0.15, 0.2) is 24.4 Å². The van der Waals surface area contributed by atoms with Crippen molar-refractivity contribution in [2.75, 3.05) is 13.1 Å². The second-order valence-electron chi connectivity index (χ2n) is 3.41. The highest BCUT2D eigenvalue weighted by molar-refractivity contribution is 5.92. The van der Waals surface area contributed by atoms with E-state index in [1.54, 1.807) is 29.3 Å². The molecule has 2 heterocycles. The number of pyridine rings is 1. The van der Waals surface area contributed by atoms with E-state index in [0.717, 1.165) is 0 Å². The number of aromatic nitrogens is 1. The number of rotatable bonds is 1. The molecule has 1 fully saturated rings. The van der Waals surface area contributed by atoms with Crippen LogP contribution in [-0.2, 0) is 0 Å². The van der Waals surface area contributed by atoms with Gasteiger partial charge in [0.2, 0.25) is 0 Å². The molecule has 0 bridgehead atoms. The van der Waals surface area contributed by atoms with Gasteiger partial charge >= 0.3 is 0 Å². The van der Waals surface area contributed by atoms with Crippen molar-refractivity contribution in [3.8, 4) is 0 Å². The lowest BCUT2D eigenvalue weighted by Gasteiger charge is -2.14. The molecule has 1 aliphatic rings. The van der Waals surface area contributed by atoms with Crippen LogP contribution >= 0.6 is 0 Å². The number of β-amino-alcohol motifs (C(OH)–C–C–N with tert-alkyl or cyclic N) is 1. The first-order valence-electron chi connectivity index (χ1n) is 4.66. The SMILES string of the molecule is O=C(c1ccccn1)N1CC[C@H](O)C1. The van der Waals surface area contributed by atoms with Crippen LogP contribution in [0.1, 0.15) is 16.9 Å². The number of hydrogen-bond acceptors (Lipinski definition) is 3. The Kier molecular flexibility index (Phi) is 2.45. The van der Waals surface area contributed by atoms with E-state index >= 15 is 0 Å². The Morgan fingerprint density at radius 2 is 2.43 bits per heavy atom. The van der Waals surface area contributed by atoms with Crippen molar-refractivity contribution in [3.63, 3.8) is 0 Å². The van der Waals surface area contributed by atoms with Crippen molar-refractivity contribution < 1.29 is 9.90 Å². The van der Waals surface area contributed by atoms with E-state index in [2.05, 4.69) is 4.98 Å². The maximum atomic E-state index is 11.7. The molecule has 0 aliphatic carbocycles. The molecule has 1 aromatic rings. The van der Waals surface area contributed by atoms with Crippen molar-refractivity contribution in [1.29, 1.82) is 0 Å². The third kappa shape index (κ3) is 1.75. The molecule has 74 valence electrons. The summed E-state index contributed by atoms with van der Waals surface area (Å²) in [7, 11) is 0. The fraction of sp³-hybridized carbons (Fsp3) is 0.400. The molecular weight excluding hydrogens is 180 g/mol. The monoisotopic (exact) mass is 192 g/mol. The molecule has 1 aliphatic heterocycles. The lowest BCUT2D eigenvalue weighted by molar-refractivity contribution is 0.0759. The van der Waals surface area contributed by atoms with Crippen molar-refractivity contribution in [1.82, 2.24) is 9.88 Å². The summed E-state index contributed by atoms with van der Waals surface area (Å²) in [4.78, 5) is 17.4. The quantitative estimate of drug-likeness (QED) is 0.695. The topological polar surface area (TPSA) is 53.4 Å². The van der Waals surface area contributed by atoms with Gasteiger partial charge in [-0.05, 0) is 18.6 Å². The number of carbonyl (C=O) groups excluding carboxylic acids is 1. The van der Waals surface area contributed by atoms with Gasteiger partial charge < -0.3 is 10.0 Å². The fourth-order valence-electron chi connectivity index (χ4n) is 1.58. The molecule has 0 aromatic carbocycles. The summed E-state index contributed by atoms with van der Waals surface area (Å²) in [6, 6.07) is 5.25. The summed E-state index contributed by atoms with van der Waals surface area (Å²) < 4.78 is 0. The van der Waals surface area contributed by atoms with E-state index in [1.165, 1.54) is 0 Å². The van der Waals surface area contributed by atoms with Gasteiger partial charge in [-0.3, -0.25) is 9.78 Å². The highest BCUT2D eigenvalue weighted by Crippen LogP contribution is 2.11. The zero-order valence-electron chi connectivity index (χ0n) is 7.76. The van der Waals surface area contributed by atoms with Crippen LogP contribution < -0.4 is 0 Å². The van der Waals surface area contributed by atoms with Crippen LogP contribution in [0.25, 0.3) is 0 Å². The normalized spacial score (nSPS) is 21.2. The van der Waals surface area contributed by atoms with Crippen molar-refractivity contribution in [3.05, 3.63) is 30.1 Å². The lowest BCUT2D eigenvalue weighted by atomic mass is 10.3. The van der Waals surface area contributed by atoms with E-state index in [4.69, 9.17) is 0 Å². The molecule has 0 radical (unpaired) electrons. The molecule has 0 saturated carbocycles. The minimum Gasteiger partial charge on any atom is -0.391 e. The van der Waals surface area contributed by atoms with Gasteiger partial charge in [-0.1, -0.05) is 6.07 Å². The molecule has 4 nitrogen and oxygen atoms in total. The Morgan fingerprint density at radius 3 is 3.00 bits per heavy atom. The predicted molar refractivity (Wildman–Crippen MR) is 50.8 cm³/mol. The van der Waals surface area contributed by atoms with Gasteiger partial charge in [0.25, 0.3) is 5.91 Å². The summed E-state index contributed by atoms with van der Waals surface area (Å²) >= 11 is 0. The van der Waals surface area contributed by atoms with Crippen LogP contribution in [0.5, 0.6) is 0 Å². The molecule has 14 heavy (non-hydrogen) atoms. The highest BCUT2D eigenvalue weighted by atomic mass is 16.3. The zero-order chi connectivity index (χ0) is 9.97. The average Bonchev–Trinajstić information content (AvgIpc) is 2.65. The standard InChI is InChI=1S/C10H12N2O2/c13-8-4-6-12(7-8)10(14)9-3-1-2-5-11-9/h1-3,5,8,13H,4,6-7H2/t8-/m0/s1. The zero-order valence-corrected chi connectivity index (χ0v) is 7.76. The minimum absolute atomic E-state index is 0.0952. The fourth-order valence-corrected chi connectivity index (χ4v) is 1.58. The van der Waals surface area contributed by atoms with E-state index in [-0.39, 0.29) is 12.0 Å². The molecule has 1 N–H and O–H groups in total. The van der Waals surface area contributed by atoms with Crippen LogP contribution in [0.3, 0.4) is 0 Å². The highest BCUT2D eigenvalue weighted by Gasteiger charge is 2.25. The number of likely N-dealkylation sites (tertiary alicyclic amines) is 1. The van der Waals surface area contributed by atoms with Crippen LogP contribution in [0.4, 0.5) is 0 Å². The Labute approximate surface area is 82.2 Å².